The Hall–Kier alpha value is -1.97. The van der Waals surface area contributed by atoms with Gasteiger partial charge >= 0.3 is 6.18 Å². The molecule has 22 heavy (non-hydrogen) atoms. The van der Waals surface area contributed by atoms with Gasteiger partial charge in [-0.05, 0) is 19.9 Å². The summed E-state index contributed by atoms with van der Waals surface area (Å²) in [6.07, 6.45) is -2.98. The summed E-state index contributed by atoms with van der Waals surface area (Å²) in [7, 11) is 0. The van der Waals surface area contributed by atoms with E-state index in [0.717, 1.165) is 11.8 Å². The molecule has 2 aromatic rings. The summed E-state index contributed by atoms with van der Waals surface area (Å²) in [6.45, 7) is 1.79. The molecule has 2 heterocycles. The third-order valence-corrected chi connectivity index (χ3v) is 3.54. The minimum Gasteiger partial charge on any atom is -0.469 e. The zero-order chi connectivity index (χ0) is 16.3. The fourth-order valence-electron chi connectivity index (χ4n) is 1.51. The zero-order valence-electron chi connectivity index (χ0n) is 11.6. The summed E-state index contributed by atoms with van der Waals surface area (Å²) < 4.78 is 46.6. The van der Waals surface area contributed by atoms with Gasteiger partial charge in [0.25, 0.3) is 11.1 Å². The third kappa shape index (κ3) is 4.26. The van der Waals surface area contributed by atoms with Gasteiger partial charge < -0.3 is 14.2 Å². The second kappa shape index (κ2) is 6.42. The summed E-state index contributed by atoms with van der Waals surface area (Å²) >= 11 is 0.876. The van der Waals surface area contributed by atoms with Crippen LogP contribution in [0.5, 0.6) is 0 Å². The van der Waals surface area contributed by atoms with Gasteiger partial charge in [0.2, 0.25) is 5.91 Å². The maximum Gasteiger partial charge on any atom is 0.405 e. The Labute approximate surface area is 127 Å². The van der Waals surface area contributed by atoms with Gasteiger partial charge in [-0.15, -0.1) is 10.2 Å². The summed E-state index contributed by atoms with van der Waals surface area (Å²) in [4.78, 5) is 11.5. The van der Waals surface area contributed by atoms with E-state index < -0.39 is 23.9 Å². The number of hydrogen-bond donors (Lipinski definition) is 1. The number of furan rings is 1. The lowest BCUT2D eigenvalue weighted by Crippen LogP contribution is -2.37. The Morgan fingerprint density at radius 3 is 2.77 bits per heavy atom. The molecule has 6 nitrogen and oxygen atoms in total. The molecule has 1 amide bonds. The first-order valence-corrected chi connectivity index (χ1v) is 7.03. The van der Waals surface area contributed by atoms with Gasteiger partial charge in [-0.3, -0.25) is 4.79 Å². The van der Waals surface area contributed by atoms with Gasteiger partial charge in [0, 0.05) is 0 Å². The molecule has 0 fully saturated rings. The number of nitrogens with one attached hydrogen (secondary N) is 1. The van der Waals surface area contributed by atoms with Crippen LogP contribution >= 0.6 is 11.8 Å². The lowest BCUT2D eigenvalue weighted by atomic mass is 10.3. The highest BCUT2D eigenvalue weighted by Gasteiger charge is 2.29. The SMILES string of the molecule is Cc1occc1-c1nnc(SC(C)C(=O)NCC(F)(F)F)o1. The van der Waals surface area contributed by atoms with Crippen LogP contribution in [0.4, 0.5) is 13.2 Å². The number of carbonyl (C=O) groups is 1. The molecule has 10 heteroatoms. The van der Waals surface area contributed by atoms with Crippen LogP contribution in [0.15, 0.2) is 26.4 Å². The minimum absolute atomic E-state index is 0.0882. The van der Waals surface area contributed by atoms with Crippen LogP contribution in [0, 0.1) is 6.92 Å². The van der Waals surface area contributed by atoms with Crippen LogP contribution in [0.3, 0.4) is 0 Å². The van der Waals surface area contributed by atoms with E-state index in [1.54, 1.807) is 18.3 Å². The number of hydrogen-bond acceptors (Lipinski definition) is 6. The molecule has 0 aliphatic heterocycles. The number of nitrogens with zero attached hydrogens (tertiary/aromatic N) is 2. The number of halogens is 3. The molecule has 0 spiro atoms. The van der Waals surface area contributed by atoms with Gasteiger partial charge in [-0.25, -0.2) is 0 Å². The predicted molar refractivity (Wildman–Crippen MR) is 71.1 cm³/mol. The van der Waals surface area contributed by atoms with Crippen molar-refractivity contribution in [3.63, 3.8) is 0 Å². The van der Waals surface area contributed by atoms with Crippen molar-refractivity contribution in [2.75, 3.05) is 6.54 Å². The van der Waals surface area contributed by atoms with E-state index in [1.165, 1.54) is 13.2 Å². The minimum atomic E-state index is -4.45. The number of carbonyl (C=O) groups excluding carboxylic acids is 1. The molecule has 0 saturated heterocycles. The number of aryl methyl sites for hydroxylation is 1. The molecule has 120 valence electrons. The Balaban J connectivity index is 1.95. The molecule has 0 aliphatic rings. The van der Waals surface area contributed by atoms with Crippen molar-refractivity contribution in [1.29, 1.82) is 0 Å². The smallest absolute Gasteiger partial charge is 0.405 e. The molecule has 0 aromatic carbocycles. The first-order chi connectivity index (χ1) is 10.3. The van der Waals surface area contributed by atoms with E-state index in [1.807, 2.05) is 0 Å². The van der Waals surface area contributed by atoms with Crippen molar-refractivity contribution >= 4 is 17.7 Å². The maximum absolute atomic E-state index is 12.0. The standard InChI is InChI=1S/C12H12F3N3O3S/c1-6-8(3-4-20-6)10-17-18-11(21-10)22-7(2)9(19)16-5-12(13,14)15/h3-4,7H,5H2,1-2H3,(H,16,19). The number of alkyl halides is 3. The number of aromatic nitrogens is 2. The molecule has 1 atom stereocenters. The van der Waals surface area contributed by atoms with Crippen LogP contribution in [0.2, 0.25) is 0 Å². The van der Waals surface area contributed by atoms with Crippen molar-refractivity contribution in [2.24, 2.45) is 0 Å². The van der Waals surface area contributed by atoms with Crippen molar-refractivity contribution in [1.82, 2.24) is 15.5 Å². The Kier molecular flexibility index (Phi) is 4.79. The van der Waals surface area contributed by atoms with E-state index >= 15 is 0 Å². The lowest BCUT2D eigenvalue weighted by molar-refractivity contribution is -0.137. The molecule has 1 unspecified atom stereocenters. The number of amides is 1. The highest BCUT2D eigenvalue weighted by Crippen LogP contribution is 2.28. The zero-order valence-corrected chi connectivity index (χ0v) is 12.4. The largest absolute Gasteiger partial charge is 0.469 e. The summed E-state index contributed by atoms with van der Waals surface area (Å²) in [5.41, 5.74) is 0.619. The Morgan fingerprint density at radius 2 is 2.18 bits per heavy atom. The number of rotatable bonds is 5. The highest BCUT2D eigenvalue weighted by atomic mass is 32.2. The fourth-order valence-corrected chi connectivity index (χ4v) is 2.22. The monoisotopic (exact) mass is 335 g/mol. The van der Waals surface area contributed by atoms with Crippen molar-refractivity contribution < 1.29 is 26.8 Å². The van der Waals surface area contributed by atoms with Crippen molar-refractivity contribution in [3.05, 3.63) is 18.1 Å². The average Bonchev–Trinajstić information content (AvgIpc) is 3.03. The normalized spacial score (nSPS) is 13.1. The van der Waals surface area contributed by atoms with Gasteiger partial charge in [0.1, 0.15) is 12.3 Å². The quantitative estimate of drug-likeness (QED) is 0.846. The van der Waals surface area contributed by atoms with Crippen LogP contribution in [0.25, 0.3) is 11.5 Å². The number of thioether (sulfide) groups is 1. The predicted octanol–water partition coefficient (Wildman–Crippen LogP) is 2.80. The van der Waals surface area contributed by atoms with Crippen molar-refractivity contribution in [2.45, 2.75) is 30.5 Å². The summed E-state index contributed by atoms with van der Waals surface area (Å²) in [5.74, 6) is 0.0504. The van der Waals surface area contributed by atoms with Gasteiger partial charge in [0.15, 0.2) is 0 Å². The molecule has 0 radical (unpaired) electrons. The van der Waals surface area contributed by atoms with Crippen LogP contribution < -0.4 is 5.32 Å². The van der Waals surface area contributed by atoms with E-state index in [2.05, 4.69) is 10.2 Å². The van der Waals surface area contributed by atoms with Gasteiger partial charge in [0.05, 0.1) is 17.1 Å². The van der Waals surface area contributed by atoms with Gasteiger partial charge in [-0.2, -0.15) is 13.2 Å². The topological polar surface area (TPSA) is 81.2 Å². The average molecular weight is 335 g/mol. The lowest BCUT2D eigenvalue weighted by Gasteiger charge is -2.11. The second-order valence-corrected chi connectivity index (χ2v) is 5.65. The molecule has 1 N–H and O–H groups in total. The summed E-state index contributed by atoms with van der Waals surface area (Å²) in [5, 5.41) is 8.63. The Bertz CT molecular complexity index is 653. The first kappa shape index (κ1) is 16.4. The second-order valence-electron chi connectivity index (χ2n) is 4.36. The van der Waals surface area contributed by atoms with Crippen molar-refractivity contribution in [3.8, 4) is 11.5 Å². The molecular formula is C12H12F3N3O3S. The van der Waals surface area contributed by atoms with Gasteiger partial charge in [-0.1, -0.05) is 11.8 Å². The van der Waals surface area contributed by atoms with Crippen LogP contribution in [0.1, 0.15) is 12.7 Å². The fraction of sp³-hybridized carbons (Fsp3) is 0.417. The Morgan fingerprint density at radius 1 is 1.45 bits per heavy atom. The first-order valence-electron chi connectivity index (χ1n) is 6.15. The van der Waals surface area contributed by atoms with Crippen LogP contribution in [-0.4, -0.2) is 34.1 Å². The van der Waals surface area contributed by atoms with Crippen LogP contribution in [-0.2, 0) is 4.79 Å². The maximum atomic E-state index is 12.0. The highest BCUT2D eigenvalue weighted by molar-refractivity contribution is 8.00. The molecule has 2 aromatic heterocycles. The van der Waals surface area contributed by atoms with E-state index in [-0.39, 0.29) is 11.1 Å². The van der Waals surface area contributed by atoms with E-state index in [4.69, 9.17) is 8.83 Å². The molecular weight excluding hydrogens is 323 g/mol. The third-order valence-electron chi connectivity index (χ3n) is 2.61. The molecule has 2 rings (SSSR count). The molecule has 0 aliphatic carbocycles. The summed E-state index contributed by atoms with van der Waals surface area (Å²) in [6, 6.07) is 1.65. The molecule has 0 bridgehead atoms. The van der Waals surface area contributed by atoms with E-state index in [9.17, 15) is 18.0 Å². The van der Waals surface area contributed by atoms with E-state index in [0.29, 0.717) is 11.3 Å². The molecule has 0 saturated carbocycles.